The minimum Gasteiger partial charge on any atom is -0.473 e. The number of halogens is 1. The normalized spacial score (nSPS) is 17.6. The number of hydrogen-bond acceptors (Lipinski definition) is 6. The van der Waals surface area contributed by atoms with Crippen molar-refractivity contribution in [3.05, 3.63) is 41.3 Å². The Labute approximate surface area is 173 Å². The van der Waals surface area contributed by atoms with Gasteiger partial charge in [0.25, 0.3) is 0 Å². The Bertz CT molecular complexity index is 999. The lowest BCUT2D eigenvalue weighted by Crippen LogP contribution is -2.39. The third kappa shape index (κ3) is 4.74. The van der Waals surface area contributed by atoms with Crippen molar-refractivity contribution in [3.63, 3.8) is 0 Å². The zero-order valence-electron chi connectivity index (χ0n) is 16.9. The van der Waals surface area contributed by atoms with Gasteiger partial charge in [0.1, 0.15) is 18.1 Å². The molecule has 1 aliphatic rings. The Hall–Kier alpha value is -2.09. The van der Waals surface area contributed by atoms with Crippen molar-refractivity contribution in [2.45, 2.75) is 51.9 Å². The van der Waals surface area contributed by atoms with Crippen LogP contribution in [0.15, 0.2) is 29.8 Å². The lowest BCUT2D eigenvalue weighted by molar-refractivity contribution is -0.221. The molecule has 1 unspecified atom stereocenters. The van der Waals surface area contributed by atoms with Crippen LogP contribution in [0.2, 0.25) is 0 Å². The molecule has 0 spiro atoms. The number of aromatic nitrogens is 2. The molecule has 1 aromatic carbocycles. The van der Waals surface area contributed by atoms with Crippen molar-refractivity contribution < 1.29 is 18.6 Å². The minimum absolute atomic E-state index is 0.173. The van der Waals surface area contributed by atoms with Crippen LogP contribution in [0, 0.1) is 12.7 Å². The average Bonchev–Trinajstić information content (AvgIpc) is 3.10. The summed E-state index contributed by atoms with van der Waals surface area (Å²) in [4.78, 5) is 9.13. The molecule has 1 fully saturated rings. The van der Waals surface area contributed by atoms with E-state index in [1.165, 1.54) is 17.4 Å². The standard InChI is InChI=1S/C22H25FN2O3S/c1-14-21(27-13-22(2,3)28-20-6-4-5-9-26-20)24-11-18(25-14)17-12-29-19-10-15(23)7-8-16(17)19/h7-8,10-12,20H,4-6,9,13H2,1-3H3. The second-order valence-corrected chi connectivity index (χ2v) is 8.81. The summed E-state index contributed by atoms with van der Waals surface area (Å²) in [5.74, 6) is 0.251. The third-order valence-corrected chi connectivity index (χ3v) is 5.81. The molecule has 29 heavy (non-hydrogen) atoms. The van der Waals surface area contributed by atoms with Gasteiger partial charge in [-0.15, -0.1) is 11.3 Å². The van der Waals surface area contributed by atoms with E-state index in [1.54, 1.807) is 18.3 Å². The number of nitrogens with zero attached hydrogens (tertiary/aromatic N) is 2. The first-order chi connectivity index (χ1) is 13.9. The third-order valence-electron chi connectivity index (χ3n) is 4.86. The van der Waals surface area contributed by atoms with Crippen LogP contribution in [-0.4, -0.2) is 35.1 Å². The SMILES string of the molecule is Cc1nc(-c2csc3cc(F)ccc23)cnc1OCC(C)(C)OC1CCCCO1. The van der Waals surface area contributed by atoms with E-state index in [1.807, 2.05) is 26.2 Å². The number of thiophene rings is 1. The van der Waals surface area contributed by atoms with Crippen molar-refractivity contribution in [2.24, 2.45) is 0 Å². The molecule has 2 aromatic heterocycles. The zero-order valence-corrected chi connectivity index (χ0v) is 17.7. The summed E-state index contributed by atoms with van der Waals surface area (Å²) in [6.45, 7) is 6.94. The highest BCUT2D eigenvalue weighted by Gasteiger charge is 2.27. The molecule has 0 amide bonds. The maximum atomic E-state index is 13.4. The fraction of sp³-hybridized carbons (Fsp3) is 0.455. The first-order valence-corrected chi connectivity index (χ1v) is 10.7. The van der Waals surface area contributed by atoms with Crippen molar-refractivity contribution in [3.8, 4) is 17.1 Å². The lowest BCUT2D eigenvalue weighted by atomic mass is 10.1. The molecule has 0 N–H and O–H groups in total. The Morgan fingerprint density at radius 3 is 2.93 bits per heavy atom. The fourth-order valence-corrected chi connectivity index (χ4v) is 4.36. The summed E-state index contributed by atoms with van der Waals surface area (Å²) >= 11 is 1.50. The number of rotatable bonds is 6. The summed E-state index contributed by atoms with van der Waals surface area (Å²) < 4.78 is 32.0. The van der Waals surface area contributed by atoms with Gasteiger partial charge >= 0.3 is 0 Å². The van der Waals surface area contributed by atoms with Crippen molar-refractivity contribution in [1.82, 2.24) is 9.97 Å². The molecule has 154 valence electrons. The number of ether oxygens (including phenoxy) is 3. The quantitative estimate of drug-likeness (QED) is 0.531. The van der Waals surface area contributed by atoms with E-state index in [0.29, 0.717) is 18.2 Å². The summed E-state index contributed by atoms with van der Waals surface area (Å²) in [6.07, 6.45) is 4.65. The molecule has 1 atom stereocenters. The van der Waals surface area contributed by atoms with Gasteiger partial charge in [-0.3, -0.25) is 0 Å². The smallest absolute Gasteiger partial charge is 0.235 e. The second-order valence-electron chi connectivity index (χ2n) is 7.90. The molecule has 3 heterocycles. The largest absolute Gasteiger partial charge is 0.473 e. The van der Waals surface area contributed by atoms with Gasteiger partial charge in [-0.2, -0.15) is 0 Å². The van der Waals surface area contributed by atoms with Crippen LogP contribution < -0.4 is 4.74 Å². The van der Waals surface area contributed by atoms with Gasteiger partial charge in [-0.1, -0.05) is 0 Å². The average molecular weight is 417 g/mol. The summed E-state index contributed by atoms with van der Waals surface area (Å²) in [5.41, 5.74) is 1.90. The first kappa shape index (κ1) is 20.2. The highest BCUT2D eigenvalue weighted by atomic mass is 32.1. The molecule has 0 radical (unpaired) electrons. The predicted octanol–water partition coefficient (Wildman–Crippen LogP) is 5.51. The van der Waals surface area contributed by atoms with E-state index < -0.39 is 5.60 Å². The van der Waals surface area contributed by atoms with Crippen LogP contribution in [-0.2, 0) is 9.47 Å². The second kappa shape index (κ2) is 8.34. The summed E-state index contributed by atoms with van der Waals surface area (Å²) in [7, 11) is 0. The molecular formula is C22H25FN2O3S. The Kier molecular flexibility index (Phi) is 5.81. The molecule has 1 aliphatic heterocycles. The van der Waals surface area contributed by atoms with Crippen LogP contribution in [0.3, 0.4) is 0 Å². The monoisotopic (exact) mass is 416 g/mol. The predicted molar refractivity (Wildman–Crippen MR) is 112 cm³/mol. The van der Waals surface area contributed by atoms with E-state index in [4.69, 9.17) is 14.2 Å². The maximum Gasteiger partial charge on any atom is 0.235 e. The van der Waals surface area contributed by atoms with Gasteiger partial charge in [0.05, 0.1) is 17.5 Å². The Morgan fingerprint density at radius 2 is 2.17 bits per heavy atom. The molecular weight excluding hydrogens is 391 g/mol. The Morgan fingerprint density at radius 1 is 1.31 bits per heavy atom. The van der Waals surface area contributed by atoms with Crippen LogP contribution in [0.25, 0.3) is 21.3 Å². The Balaban J connectivity index is 1.45. The number of fused-ring (bicyclic) bond motifs is 1. The molecule has 5 nitrogen and oxygen atoms in total. The van der Waals surface area contributed by atoms with Crippen molar-refractivity contribution >= 4 is 21.4 Å². The van der Waals surface area contributed by atoms with Gasteiger partial charge in [-0.05, 0) is 58.2 Å². The number of hydrogen-bond donors (Lipinski definition) is 0. The molecule has 3 aromatic rings. The lowest BCUT2D eigenvalue weighted by Gasteiger charge is -2.32. The van der Waals surface area contributed by atoms with Gasteiger partial charge in [0, 0.05) is 27.6 Å². The van der Waals surface area contributed by atoms with E-state index in [9.17, 15) is 4.39 Å². The molecule has 0 saturated carbocycles. The van der Waals surface area contributed by atoms with Gasteiger partial charge in [0.15, 0.2) is 6.29 Å². The van der Waals surface area contributed by atoms with Gasteiger partial charge in [-0.25, -0.2) is 14.4 Å². The first-order valence-electron chi connectivity index (χ1n) is 9.84. The topological polar surface area (TPSA) is 53.5 Å². The van der Waals surface area contributed by atoms with Crippen LogP contribution >= 0.6 is 11.3 Å². The number of aryl methyl sites for hydroxylation is 1. The summed E-state index contributed by atoms with van der Waals surface area (Å²) in [6, 6.07) is 4.79. The molecule has 4 rings (SSSR count). The van der Waals surface area contributed by atoms with Crippen LogP contribution in [0.5, 0.6) is 5.88 Å². The van der Waals surface area contributed by atoms with Gasteiger partial charge in [0.2, 0.25) is 5.88 Å². The van der Waals surface area contributed by atoms with Crippen molar-refractivity contribution in [1.29, 1.82) is 0 Å². The van der Waals surface area contributed by atoms with E-state index >= 15 is 0 Å². The van der Waals surface area contributed by atoms with Crippen LogP contribution in [0.1, 0.15) is 38.8 Å². The van der Waals surface area contributed by atoms with E-state index in [2.05, 4.69) is 9.97 Å². The molecule has 0 bridgehead atoms. The minimum atomic E-state index is -0.498. The highest BCUT2D eigenvalue weighted by Crippen LogP contribution is 2.34. The molecule has 0 aliphatic carbocycles. The van der Waals surface area contributed by atoms with E-state index in [-0.39, 0.29) is 12.1 Å². The number of benzene rings is 1. The van der Waals surface area contributed by atoms with Gasteiger partial charge < -0.3 is 14.2 Å². The van der Waals surface area contributed by atoms with E-state index in [0.717, 1.165) is 47.2 Å². The molecule has 7 heteroatoms. The van der Waals surface area contributed by atoms with Crippen LogP contribution in [0.4, 0.5) is 4.39 Å². The zero-order chi connectivity index (χ0) is 20.4. The maximum absolute atomic E-state index is 13.4. The summed E-state index contributed by atoms with van der Waals surface area (Å²) in [5, 5.41) is 2.95. The highest BCUT2D eigenvalue weighted by molar-refractivity contribution is 7.17. The molecule has 1 saturated heterocycles. The fourth-order valence-electron chi connectivity index (χ4n) is 3.38. The van der Waals surface area contributed by atoms with Crippen molar-refractivity contribution in [2.75, 3.05) is 13.2 Å².